The number of azo groups is 1. The molecular weight excluding hydrogens is 749 g/mol. The molecule has 2 aromatic heterocycles. The second-order valence-electron chi connectivity index (χ2n) is 8.78. The maximum Gasteiger partial charge on any atom is 1.00 e. The number of nitrogens with one attached hydrogen (secondary N) is 2. The zero-order valence-corrected chi connectivity index (χ0v) is 32.5. The number of benzene rings is 3. The van der Waals surface area contributed by atoms with Gasteiger partial charge in [0, 0.05) is 11.9 Å². The molecule has 3 N–H and O–H groups in total. The summed E-state index contributed by atoms with van der Waals surface area (Å²) in [5.41, 5.74) is -0.671. The van der Waals surface area contributed by atoms with E-state index in [2.05, 4.69) is 40.8 Å². The number of nitrogens with zero attached hydrogens (tertiary/aromatic N) is 6. The molecule has 46 heavy (non-hydrogen) atoms. The van der Waals surface area contributed by atoms with Gasteiger partial charge in [-0.15, -0.1) is 10.2 Å². The van der Waals surface area contributed by atoms with Gasteiger partial charge in [-0.2, -0.15) is 15.0 Å². The average Bonchev–Trinajstić information content (AvgIpc) is 3.31. The zero-order valence-electron chi connectivity index (χ0n) is 23.7. The van der Waals surface area contributed by atoms with Gasteiger partial charge in [0.15, 0.2) is 5.75 Å². The summed E-state index contributed by atoms with van der Waals surface area (Å²) < 4.78 is 73.2. The van der Waals surface area contributed by atoms with Crippen molar-refractivity contribution in [2.45, 2.75) is 23.1 Å². The number of fused-ring (bicyclic) bond motifs is 2. The van der Waals surface area contributed by atoms with E-state index in [0.717, 1.165) is 36.0 Å². The summed E-state index contributed by atoms with van der Waals surface area (Å²) in [4.78, 5) is 14.3. The van der Waals surface area contributed by atoms with Gasteiger partial charge >= 0.3 is 59.1 Å². The van der Waals surface area contributed by atoms with Gasteiger partial charge in [-0.05, 0) is 53.7 Å². The smallest absolute Gasteiger partial charge is 0.744 e. The monoisotopic (exact) mass is 762 g/mol. The second kappa shape index (κ2) is 15.4. The Morgan fingerprint density at radius 2 is 1.57 bits per heavy atom. The molecule has 0 bridgehead atoms. The van der Waals surface area contributed by atoms with Crippen molar-refractivity contribution in [2.75, 3.05) is 17.2 Å². The molecule has 0 amide bonds. The molecule has 0 radical (unpaired) electrons. The van der Waals surface area contributed by atoms with E-state index < -0.39 is 41.5 Å². The Kier molecular flexibility index (Phi) is 13.0. The van der Waals surface area contributed by atoms with Crippen LogP contribution in [-0.4, -0.2) is 57.5 Å². The van der Waals surface area contributed by atoms with Crippen LogP contribution in [0.3, 0.4) is 0 Å². The van der Waals surface area contributed by atoms with E-state index in [4.69, 9.17) is 34.8 Å². The number of halogens is 3. The number of phenols is 1. The quantitative estimate of drug-likeness (QED) is 0.103. The number of hydrogen-bond acceptors (Lipinski definition) is 16. The Hall–Kier alpha value is -1.49. The summed E-state index contributed by atoms with van der Waals surface area (Å²) in [6.07, 6.45) is 0.717. The molecule has 5 aromatic rings. The van der Waals surface area contributed by atoms with Crippen LogP contribution in [0.1, 0.15) is 13.3 Å². The minimum absolute atomic E-state index is 0. The van der Waals surface area contributed by atoms with Gasteiger partial charge in [0.05, 0.1) is 35.7 Å². The van der Waals surface area contributed by atoms with Crippen molar-refractivity contribution >= 4 is 116 Å². The summed E-state index contributed by atoms with van der Waals surface area (Å²) >= 11 is 19.1. The van der Waals surface area contributed by atoms with E-state index in [1.165, 1.54) is 12.1 Å². The first-order valence-corrected chi connectivity index (χ1v) is 16.8. The van der Waals surface area contributed by atoms with Gasteiger partial charge in [-0.25, -0.2) is 21.8 Å². The van der Waals surface area contributed by atoms with Gasteiger partial charge in [-0.1, -0.05) is 41.5 Å². The van der Waals surface area contributed by atoms with E-state index in [0.29, 0.717) is 16.8 Å². The van der Waals surface area contributed by atoms with Crippen molar-refractivity contribution in [3.8, 4) is 5.75 Å². The third kappa shape index (κ3) is 8.75. The average molecular weight is 764 g/mol. The van der Waals surface area contributed by atoms with Crippen molar-refractivity contribution in [2.24, 2.45) is 10.2 Å². The number of aromatic hydroxyl groups is 1. The molecule has 0 atom stereocenters. The van der Waals surface area contributed by atoms with E-state index in [1.54, 1.807) is 0 Å². The first kappa shape index (κ1) is 39.0. The van der Waals surface area contributed by atoms with Crippen LogP contribution >= 0.6 is 46.1 Å². The van der Waals surface area contributed by atoms with Gasteiger partial charge in [0.25, 0.3) is 0 Å². The van der Waals surface area contributed by atoms with Crippen LogP contribution < -0.4 is 69.7 Å². The number of thiazole rings is 1. The topological polar surface area (TPSA) is 235 Å². The number of rotatable bonds is 9. The molecule has 23 heteroatoms. The molecule has 0 aliphatic carbocycles. The third-order valence-electron chi connectivity index (χ3n) is 5.72. The van der Waals surface area contributed by atoms with Crippen LogP contribution in [0.15, 0.2) is 50.4 Å². The summed E-state index contributed by atoms with van der Waals surface area (Å²) in [5.74, 6) is -1.09. The standard InChI is InChI=1S/C23H17Cl3N8O7S3.2Na/c1-2-3-27-21-30-20(26)31-22(32-21)28-14-6-10(43(36,37)38)4-9-5-16(44(39,40)41)18(19(35)17(9)14)33-34-23-29-13-7-11(24)12(25)8-15(13)42-23;;/h4-8,35H,2-3H2,1H3,(H,36,37,38)(H,39,40,41)(H2,27,28,30,31,32);;/q;2*+1/p-2. The maximum atomic E-state index is 12.2. The molecule has 0 aliphatic heterocycles. The number of aromatic nitrogens is 4. The van der Waals surface area contributed by atoms with Crippen LogP contribution in [0.2, 0.25) is 15.3 Å². The fraction of sp³-hybridized carbons (Fsp3) is 0.130. The Balaban J connectivity index is 0.00000288. The van der Waals surface area contributed by atoms with Crippen LogP contribution in [0, 0.1) is 0 Å². The Bertz CT molecular complexity index is 2190. The van der Waals surface area contributed by atoms with Gasteiger partial charge in [0.2, 0.25) is 22.3 Å². The number of hydrogen-bond donors (Lipinski definition) is 3. The van der Waals surface area contributed by atoms with Crippen LogP contribution in [0.25, 0.3) is 21.0 Å². The van der Waals surface area contributed by atoms with Crippen molar-refractivity contribution in [1.82, 2.24) is 19.9 Å². The molecule has 0 fully saturated rings. The van der Waals surface area contributed by atoms with E-state index in [-0.39, 0.29) is 108 Å². The largest absolute Gasteiger partial charge is 1.00 e. The fourth-order valence-corrected chi connectivity index (χ4v) is 6.41. The minimum atomic E-state index is -5.35. The molecule has 2 heterocycles. The van der Waals surface area contributed by atoms with Crippen molar-refractivity contribution in [3.05, 3.63) is 45.7 Å². The Morgan fingerprint density at radius 3 is 2.22 bits per heavy atom. The number of phenolic OH excluding ortho intramolecular Hbond substituents is 1. The molecular formula is C23H15Cl3N8Na2O7S3. The molecule has 0 saturated heterocycles. The van der Waals surface area contributed by atoms with Crippen LogP contribution in [0.5, 0.6) is 5.75 Å². The van der Waals surface area contributed by atoms with Gasteiger partial charge in [-0.3, -0.25) is 0 Å². The van der Waals surface area contributed by atoms with E-state index in [1.807, 2.05) is 6.92 Å². The molecule has 0 aliphatic rings. The minimum Gasteiger partial charge on any atom is -0.744 e. The van der Waals surface area contributed by atoms with Crippen molar-refractivity contribution < 1.29 is 90.2 Å². The number of anilines is 3. The molecule has 0 unspecified atom stereocenters. The normalized spacial score (nSPS) is 11.9. The first-order chi connectivity index (χ1) is 20.6. The van der Waals surface area contributed by atoms with Gasteiger partial charge < -0.3 is 24.8 Å². The summed E-state index contributed by atoms with van der Waals surface area (Å²) in [7, 11) is -10.5. The predicted octanol–water partition coefficient (Wildman–Crippen LogP) is 0.0974. The maximum absolute atomic E-state index is 12.2. The van der Waals surface area contributed by atoms with E-state index in [9.17, 15) is 31.0 Å². The zero-order chi connectivity index (χ0) is 32.0. The SMILES string of the molecule is CCCNc1nc(Cl)nc(Nc2cc(S(=O)(=O)[O-])cc3cc(S(=O)(=O)[O-])c(N=Nc4nc5cc(Cl)c(Cl)cc5s4)c(O)c23)n1.[Na+].[Na+]. The van der Waals surface area contributed by atoms with Gasteiger partial charge in [0.1, 0.15) is 25.9 Å². The second-order valence-corrected chi connectivity index (χ2v) is 13.7. The third-order valence-corrected chi connectivity index (χ3v) is 9.18. The molecule has 230 valence electrons. The summed E-state index contributed by atoms with van der Waals surface area (Å²) in [6, 6.07) is 5.40. The Labute approximate surface area is 324 Å². The first-order valence-electron chi connectivity index (χ1n) is 12.0. The van der Waals surface area contributed by atoms with Crippen molar-refractivity contribution in [3.63, 3.8) is 0 Å². The predicted molar refractivity (Wildman–Crippen MR) is 162 cm³/mol. The van der Waals surface area contributed by atoms with Crippen LogP contribution in [-0.2, 0) is 20.2 Å². The van der Waals surface area contributed by atoms with Crippen molar-refractivity contribution in [1.29, 1.82) is 0 Å². The Morgan fingerprint density at radius 1 is 0.891 bits per heavy atom. The summed E-state index contributed by atoms with van der Waals surface area (Å²) in [5, 5.41) is 24.2. The summed E-state index contributed by atoms with van der Waals surface area (Å²) in [6.45, 7) is 2.37. The molecule has 0 saturated carbocycles. The molecule has 15 nitrogen and oxygen atoms in total. The van der Waals surface area contributed by atoms with Crippen LogP contribution in [0.4, 0.5) is 28.4 Å². The molecule has 0 spiro atoms. The molecule has 5 rings (SSSR count). The fourth-order valence-electron chi connectivity index (χ4n) is 3.88. The van der Waals surface area contributed by atoms with E-state index >= 15 is 0 Å². The molecule has 3 aromatic carbocycles.